The first-order valence-electron chi connectivity index (χ1n) is 6.38. The molecule has 0 aliphatic carbocycles. The fourth-order valence-electron chi connectivity index (χ4n) is 2.02. The molecule has 5 nitrogen and oxygen atoms in total. The van der Waals surface area contributed by atoms with Crippen LogP contribution < -0.4 is 10.7 Å². The number of amides is 3. The summed E-state index contributed by atoms with van der Waals surface area (Å²) in [5, 5.41) is 3.23. The van der Waals surface area contributed by atoms with Crippen molar-refractivity contribution in [2.24, 2.45) is 0 Å². The normalized spacial score (nSPS) is 10.3. The Bertz CT molecular complexity index is 793. The van der Waals surface area contributed by atoms with E-state index in [1.807, 2.05) is 18.2 Å². The van der Waals surface area contributed by atoms with Crippen molar-refractivity contribution < 1.29 is 9.59 Å². The standard InChI is InChI=1S/C16H12N3O2/c20-15(13-7-2-1-3-8-13)17-16(21)18-19-11-10-12-6-4-5-9-14(12)19/h1-3,5-11H,(H2,17,18,20,21). The first-order chi connectivity index (χ1) is 10.2. The van der Waals surface area contributed by atoms with E-state index in [0.29, 0.717) is 5.56 Å². The van der Waals surface area contributed by atoms with Gasteiger partial charge in [0.15, 0.2) is 0 Å². The highest BCUT2D eigenvalue weighted by atomic mass is 16.2. The molecular formula is C16H12N3O2. The molecule has 0 bridgehead atoms. The third-order valence-corrected chi connectivity index (χ3v) is 3.02. The van der Waals surface area contributed by atoms with Crippen molar-refractivity contribution in [3.05, 3.63) is 72.4 Å². The molecule has 5 heteroatoms. The van der Waals surface area contributed by atoms with Gasteiger partial charge in [-0.05, 0) is 36.4 Å². The van der Waals surface area contributed by atoms with Crippen LogP contribution in [0.15, 0.2) is 60.8 Å². The Morgan fingerprint density at radius 1 is 1.05 bits per heavy atom. The molecule has 0 fully saturated rings. The predicted octanol–water partition coefficient (Wildman–Crippen LogP) is 2.53. The van der Waals surface area contributed by atoms with E-state index in [1.165, 1.54) is 0 Å². The van der Waals surface area contributed by atoms with Crippen molar-refractivity contribution in [1.82, 2.24) is 9.99 Å². The Labute approximate surface area is 121 Å². The van der Waals surface area contributed by atoms with Gasteiger partial charge in [0.1, 0.15) is 0 Å². The van der Waals surface area contributed by atoms with Crippen LogP contribution in [0.5, 0.6) is 0 Å². The number of urea groups is 1. The van der Waals surface area contributed by atoms with Crippen LogP contribution in [0.1, 0.15) is 10.4 Å². The zero-order valence-corrected chi connectivity index (χ0v) is 11.0. The highest BCUT2D eigenvalue weighted by molar-refractivity contribution is 6.06. The average molecular weight is 278 g/mol. The van der Waals surface area contributed by atoms with E-state index >= 15 is 0 Å². The molecule has 21 heavy (non-hydrogen) atoms. The third-order valence-electron chi connectivity index (χ3n) is 3.02. The summed E-state index contributed by atoms with van der Waals surface area (Å²) in [5.41, 5.74) is 3.86. The monoisotopic (exact) mass is 278 g/mol. The van der Waals surface area contributed by atoms with E-state index < -0.39 is 11.9 Å². The maximum Gasteiger partial charge on any atom is 0.340 e. The number of hydrogen-bond donors (Lipinski definition) is 2. The van der Waals surface area contributed by atoms with Crippen molar-refractivity contribution in [1.29, 1.82) is 0 Å². The summed E-state index contributed by atoms with van der Waals surface area (Å²) < 4.78 is 1.55. The molecular weight excluding hydrogens is 266 g/mol. The molecule has 1 radical (unpaired) electrons. The lowest BCUT2D eigenvalue weighted by Gasteiger charge is -2.08. The minimum atomic E-state index is -0.589. The lowest BCUT2D eigenvalue weighted by atomic mass is 10.2. The fraction of sp³-hybridized carbons (Fsp3) is 0. The molecule has 3 rings (SSSR count). The summed E-state index contributed by atoms with van der Waals surface area (Å²) in [6, 6.07) is 18.2. The van der Waals surface area contributed by atoms with E-state index in [-0.39, 0.29) is 0 Å². The van der Waals surface area contributed by atoms with Gasteiger partial charge in [0, 0.05) is 17.1 Å². The Morgan fingerprint density at radius 3 is 2.67 bits per heavy atom. The minimum Gasteiger partial charge on any atom is -0.273 e. The van der Waals surface area contributed by atoms with Crippen LogP contribution in [0.25, 0.3) is 10.9 Å². The number of aromatic nitrogens is 1. The van der Waals surface area contributed by atoms with Crippen molar-refractivity contribution in [2.45, 2.75) is 0 Å². The van der Waals surface area contributed by atoms with E-state index in [0.717, 1.165) is 10.9 Å². The van der Waals surface area contributed by atoms with Gasteiger partial charge in [-0.15, -0.1) is 0 Å². The van der Waals surface area contributed by atoms with E-state index in [9.17, 15) is 9.59 Å². The number of hydrogen-bond acceptors (Lipinski definition) is 2. The summed E-state index contributed by atoms with van der Waals surface area (Å²) in [6.07, 6.45) is 1.71. The van der Waals surface area contributed by atoms with Crippen LogP contribution in [-0.2, 0) is 0 Å². The topological polar surface area (TPSA) is 63.1 Å². The number of fused-ring (bicyclic) bond motifs is 1. The van der Waals surface area contributed by atoms with E-state index in [4.69, 9.17) is 0 Å². The summed E-state index contributed by atoms with van der Waals surface area (Å²) in [6.45, 7) is 0. The van der Waals surface area contributed by atoms with Crippen LogP contribution in [0.4, 0.5) is 4.79 Å². The molecule has 0 saturated carbocycles. The molecule has 3 aromatic rings. The number of rotatable bonds is 2. The molecule has 0 aliphatic rings. The largest absolute Gasteiger partial charge is 0.340 e. The van der Waals surface area contributed by atoms with Crippen LogP contribution in [0.3, 0.4) is 0 Å². The smallest absolute Gasteiger partial charge is 0.273 e. The molecule has 3 amide bonds. The van der Waals surface area contributed by atoms with E-state index in [2.05, 4.69) is 16.8 Å². The first-order valence-corrected chi connectivity index (χ1v) is 6.38. The van der Waals surface area contributed by atoms with Crippen molar-refractivity contribution in [3.8, 4) is 0 Å². The number of nitrogens with one attached hydrogen (secondary N) is 2. The van der Waals surface area contributed by atoms with Gasteiger partial charge in [-0.2, -0.15) is 0 Å². The highest BCUT2D eigenvalue weighted by Crippen LogP contribution is 2.12. The molecule has 1 heterocycles. The molecule has 2 aromatic carbocycles. The lowest BCUT2D eigenvalue weighted by molar-refractivity contribution is 0.0966. The number of nitrogens with zero attached hydrogens (tertiary/aromatic N) is 1. The Kier molecular flexibility index (Phi) is 3.39. The van der Waals surface area contributed by atoms with Crippen molar-refractivity contribution in [3.63, 3.8) is 0 Å². The maximum atomic E-state index is 11.9. The molecule has 0 saturated heterocycles. The molecule has 103 valence electrons. The van der Waals surface area contributed by atoms with Gasteiger partial charge in [-0.3, -0.25) is 14.8 Å². The second kappa shape index (κ2) is 5.50. The molecule has 2 N–H and O–H groups in total. The second-order valence-corrected chi connectivity index (χ2v) is 4.43. The Morgan fingerprint density at radius 2 is 1.86 bits per heavy atom. The maximum absolute atomic E-state index is 11.9. The van der Waals surface area contributed by atoms with Gasteiger partial charge in [0.25, 0.3) is 5.91 Å². The Balaban J connectivity index is 1.71. The summed E-state index contributed by atoms with van der Waals surface area (Å²) >= 11 is 0. The molecule has 0 aliphatic heterocycles. The first kappa shape index (κ1) is 12.9. The van der Waals surface area contributed by atoms with Crippen LogP contribution in [0, 0.1) is 6.07 Å². The van der Waals surface area contributed by atoms with Crippen LogP contribution in [-0.4, -0.2) is 16.6 Å². The third kappa shape index (κ3) is 2.76. The van der Waals surface area contributed by atoms with Gasteiger partial charge in [0.2, 0.25) is 0 Å². The quantitative estimate of drug-likeness (QED) is 0.756. The van der Waals surface area contributed by atoms with Crippen molar-refractivity contribution >= 4 is 22.8 Å². The molecule has 0 unspecified atom stereocenters. The average Bonchev–Trinajstić information content (AvgIpc) is 2.91. The summed E-state index contributed by atoms with van der Waals surface area (Å²) in [4.78, 5) is 23.7. The summed E-state index contributed by atoms with van der Waals surface area (Å²) in [5.74, 6) is -0.446. The fourth-order valence-corrected chi connectivity index (χ4v) is 2.02. The van der Waals surface area contributed by atoms with Gasteiger partial charge < -0.3 is 0 Å². The van der Waals surface area contributed by atoms with Gasteiger partial charge in [0.05, 0.1) is 5.52 Å². The molecule has 0 atom stereocenters. The van der Waals surface area contributed by atoms with Crippen LogP contribution >= 0.6 is 0 Å². The zero-order valence-electron chi connectivity index (χ0n) is 11.0. The summed E-state index contributed by atoms with van der Waals surface area (Å²) in [7, 11) is 0. The zero-order chi connectivity index (χ0) is 14.7. The van der Waals surface area contributed by atoms with Gasteiger partial charge in [-0.1, -0.05) is 24.3 Å². The van der Waals surface area contributed by atoms with Gasteiger partial charge in [-0.25, -0.2) is 10.2 Å². The highest BCUT2D eigenvalue weighted by Gasteiger charge is 2.10. The minimum absolute atomic E-state index is 0.430. The SMILES string of the molecule is O=C(NC(=O)c1ccccc1)Nn1ccc2c[c]ccc21. The van der Waals surface area contributed by atoms with E-state index in [1.54, 1.807) is 47.3 Å². The number of imide groups is 1. The second-order valence-electron chi connectivity index (χ2n) is 4.43. The van der Waals surface area contributed by atoms with Crippen molar-refractivity contribution in [2.75, 3.05) is 5.43 Å². The number of benzene rings is 2. The lowest BCUT2D eigenvalue weighted by Crippen LogP contribution is -2.37. The number of carbonyl (C=O) groups is 2. The predicted molar refractivity (Wildman–Crippen MR) is 79.4 cm³/mol. The number of carbonyl (C=O) groups excluding carboxylic acids is 2. The molecule has 1 aromatic heterocycles. The molecule has 0 spiro atoms. The van der Waals surface area contributed by atoms with Crippen LogP contribution in [0.2, 0.25) is 0 Å². The van der Waals surface area contributed by atoms with Gasteiger partial charge >= 0.3 is 6.03 Å². The Hall–Kier alpha value is -3.08.